The summed E-state index contributed by atoms with van der Waals surface area (Å²) in [5, 5.41) is 22.7. The third-order valence-corrected chi connectivity index (χ3v) is 2.99. The van der Waals surface area contributed by atoms with E-state index in [-0.39, 0.29) is 11.3 Å². The first kappa shape index (κ1) is 14.4. The Morgan fingerprint density at radius 3 is 2.52 bits per heavy atom. The normalized spacial score (nSPS) is 10.2. The summed E-state index contributed by atoms with van der Waals surface area (Å²) in [5.41, 5.74) is 2.07. The van der Waals surface area contributed by atoms with Crippen LogP contribution >= 0.6 is 0 Å². The number of aromatic carboxylic acids is 1. The van der Waals surface area contributed by atoms with Gasteiger partial charge in [-0.15, -0.1) is 0 Å². The van der Waals surface area contributed by atoms with Gasteiger partial charge in [0.2, 0.25) is 0 Å². The van der Waals surface area contributed by atoms with Gasteiger partial charge in [0, 0.05) is 11.8 Å². The van der Waals surface area contributed by atoms with Crippen molar-refractivity contribution in [2.24, 2.45) is 0 Å². The maximum absolute atomic E-state index is 11.0. The van der Waals surface area contributed by atoms with Gasteiger partial charge in [0.05, 0.1) is 10.5 Å². The lowest BCUT2D eigenvalue weighted by molar-refractivity contribution is -0.385. The number of carbonyl (C=O) groups is 1. The monoisotopic (exact) mass is 287 g/mol. The van der Waals surface area contributed by atoms with Crippen LogP contribution in [0.2, 0.25) is 0 Å². The van der Waals surface area contributed by atoms with E-state index in [0.717, 1.165) is 0 Å². The van der Waals surface area contributed by atoms with Gasteiger partial charge in [-0.05, 0) is 43.2 Å². The van der Waals surface area contributed by atoms with Crippen LogP contribution in [0.1, 0.15) is 21.5 Å². The fraction of sp³-hybridized carbons (Fsp3) is 0.143. The maximum Gasteiger partial charge on any atom is 0.335 e. The zero-order chi connectivity index (χ0) is 15.6. The van der Waals surface area contributed by atoms with Crippen molar-refractivity contribution in [1.82, 2.24) is 4.98 Å². The van der Waals surface area contributed by atoms with Crippen molar-refractivity contribution >= 4 is 23.2 Å². The summed E-state index contributed by atoms with van der Waals surface area (Å²) in [6.45, 7) is 3.41. The van der Waals surface area contributed by atoms with E-state index in [2.05, 4.69) is 10.3 Å². The molecule has 2 rings (SSSR count). The van der Waals surface area contributed by atoms with Crippen LogP contribution in [0.15, 0.2) is 30.5 Å². The molecule has 0 spiro atoms. The molecule has 1 aromatic heterocycles. The summed E-state index contributed by atoms with van der Waals surface area (Å²) in [6, 6.07) is 6.24. The van der Waals surface area contributed by atoms with Gasteiger partial charge in [-0.2, -0.15) is 0 Å². The highest BCUT2D eigenvalue weighted by atomic mass is 16.6. The Morgan fingerprint density at radius 2 is 2.00 bits per heavy atom. The van der Waals surface area contributed by atoms with Crippen molar-refractivity contribution in [2.45, 2.75) is 13.8 Å². The second kappa shape index (κ2) is 5.58. The lowest BCUT2D eigenvalue weighted by Gasteiger charge is -2.10. The smallest absolute Gasteiger partial charge is 0.335 e. The number of nitro groups is 1. The molecule has 1 heterocycles. The predicted octanol–water partition coefficient (Wildman–Crippen LogP) is 3.05. The Hall–Kier alpha value is -2.96. The van der Waals surface area contributed by atoms with Crippen molar-refractivity contribution in [1.29, 1.82) is 0 Å². The third kappa shape index (κ3) is 3.14. The molecule has 0 bridgehead atoms. The Balaban J connectivity index is 2.28. The molecule has 7 heteroatoms. The van der Waals surface area contributed by atoms with Crippen LogP contribution in [0.25, 0.3) is 0 Å². The first-order chi connectivity index (χ1) is 9.88. The predicted molar refractivity (Wildman–Crippen MR) is 77.0 cm³/mol. The fourth-order valence-corrected chi connectivity index (χ4v) is 1.91. The molecule has 21 heavy (non-hydrogen) atoms. The highest BCUT2D eigenvalue weighted by Gasteiger charge is 2.11. The van der Waals surface area contributed by atoms with Gasteiger partial charge in [0.15, 0.2) is 0 Å². The molecule has 0 aliphatic rings. The van der Waals surface area contributed by atoms with Gasteiger partial charge in [0.1, 0.15) is 12.0 Å². The van der Waals surface area contributed by atoms with Crippen molar-refractivity contribution in [3.63, 3.8) is 0 Å². The summed E-state index contributed by atoms with van der Waals surface area (Å²) < 4.78 is 0. The van der Waals surface area contributed by atoms with Crippen molar-refractivity contribution in [3.8, 4) is 0 Å². The standard InChI is InChI=1S/C14H13N3O4/c1-8-5-10(3-4-12(8)14(18)19)16-13-9(2)6-11(7-15-13)17(20)21/h3-7H,1-2H3,(H,15,16)(H,18,19). The molecule has 108 valence electrons. The van der Waals surface area contributed by atoms with Gasteiger partial charge in [-0.1, -0.05) is 0 Å². The van der Waals surface area contributed by atoms with E-state index in [4.69, 9.17) is 5.11 Å². The highest BCUT2D eigenvalue weighted by molar-refractivity contribution is 5.90. The molecular weight excluding hydrogens is 274 g/mol. The zero-order valence-electron chi connectivity index (χ0n) is 11.5. The Bertz CT molecular complexity index is 728. The molecule has 0 amide bonds. The average molecular weight is 287 g/mol. The van der Waals surface area contributed by atoms with Crippen molar-refractivity contribution in [3.05, 3.63) is 57.3 Å². The first-order valence-corrected chi connectivity index (χ1v) is 6.10. The molecule has 0 fully saturated rings. The van der Waals surface area contributed by atoms with E-state index in [1.165, 1.54) is 18.3 Å². The van der Waals surface area contributed by atoms with Gasteiger partial charge < -0.3 is 10.4 Å². The van der Waals surface area contributed by atoms with E-state index in [0.29, 0.717) is 22.6 Å². The Labute approximate surface area is 120 Å². The van der Waals surface area contributed by atoms with E-state index >= 15 is 0 Å². The SMILES string of the molecule is Cc1cc(Nc2ncc([N+](=O)[O-])cc2C)ccc1C(=O)O. The summed E-state index contributed by atoms with van der Waals surface area (Å²) in [7, 11) is 0. The minimum atomic E-state index is -0.983. The van der Waals surface area contributed by atoms with Crippen LogP contribution in [0.4, 0.5) is 17.2 Å². The number of hydrogen-bond donors (Lipinski definition) is 2. The number of aryl methyl sites for hydroxylation is 2. The number of hydrogen-bond acceptors (Lipinski definition) is 5. The van der Waals surface area contributed by atoms with Crippen molar-refractivity contribution in [2.75, 3.05) is 5.32 Å². The largest absolute Gasteiger partial charge is 0.478 e. The first-order valence-electron chi connectivity index (χ1n) is 6.10. The molecule has 2 aromatic rings. The molecule has 0 aliphatic carbocycles. The van der Waals surface area contributed by atoms with E-state index in [1.807, 2.05) is 0 Å². The second-order valence-electron chi connectivity index (χ2n) is 4.58. The molecular formula is C14H13N3O4. The minimum Gasteiger partial charge on any atom is -0.478 e. The van der Waals surface area contributed by atoms with Crippen LogP contribution in [0.3, 0.4) is 0 Å². The number of anilines is 2. The Morgan fingerprint density at radius 1 is 1.29 bits per heavy atom. The van der Waals surface area contributed by atoms with Crippen LogP contribution < -0.4 is 5.32 Å². The zero-order valence-corrected chi connectivity index (χ0v) is 11.5. The molecule has 7 nitrogen and oxygen atoms in total. The number of carboxylic acid groups (broad SMARTS) is 1. The highest BCUT2D eigenvalue weighted by Crippen LogP contribution is 2.23. The number of rotatable bonds is 4. The van der Waals surface area contributed by atoms with Gasteiger partial charge in [-0.3, -0.25) is 10.1 Å². The number of nitrogens with one attached hydrogen (secondary N) is 1. The number of aromatic nitrogens is 1. The third-order valence-electron chi connectivity index (χ3n) is 2.99. The summed E-state index contributed by atoms with van der Waals surface area (Å²) in [5.74, 6) is -0.494. The molecule has 0 unspecified atom stereocenters. The summed E-state index contributed by atoms with van der Waals surface area (Å²) >= 11 is 0. The van der Waals surface area contributed by atoms with E-state index in [9.17, 15) is 14.9 Å². The van der Waals surface area contributed by atoms with E-state index in [1.54, 1.807) is 26.0 Å². The van der Waals surface area contributed by atoms with Gasteiger partial charge in [0.25, 0.3) is 5.69 Å². The molecule has 0 atom stereocenters. The lowest BCUT2D eigenvalue weighted by Crippen LogP contribution is -2.02. The molecule has 0 saturated heterocycles. The number of nitrogens with zero attached hydrogens (tertiary/aromatic N) is 2. The number of pyridine rings is 1. The lowest BCUT2D eigenvalue weighted by atomic mass is 10.1. The van der Waals surface area contributed by atoms with Crippen LogP contribution in [-0.2, 0) is 0 Å². The fourth-order valence-electron chi connectivity index (χ4n) is 1.91. The summed E-state index contributed by atoms with van der Waals surface area (Å²) in [4.78, 5) is 25.1. The molecule has 2 N–H and O–H groups in total. The number of carboxylic acids is 1. The van der Waals surface area contributed by atoms with Crippen molar-refractivity contribution < 1.29 is 14.8 Å². The molecule has 1 aromatic carbocycles. The van der Waals surface area contributed by atoms with Gasteiger partial charge in [-0.25, -0.2) is 9.78 Å². The second-order valence-corrected chi connectivity index (χ2v) is 4.58. The van der Waals surface area contributed by atoms with Gasteiger partial charge >= 0.3 is 5.97 Å². The van der Waals surface area contributed by atoms with Crippen LogP contribution in [-0.4, -0.2) is 21.0 Å². The quantitative estimate of drug-likeness (QED) is 0.661. The average Bonchev–Trinajstić information content (AvgIpc) is 2.40. The maximum atomic E-state index is 11.0. The molecule has 0 aliphatic heterocycles. The van der Waals surface area contributed by atoms with E-state index < -0.39 is 10.9 Å². The number of benzene rings is 1. The topological polar surface area (TPSA) is 105 Å². The Kier molecular flexibility index (Phi) is 3.84. The minimum absolute atomic E-state index is 0.0737. The summed E-state index contributed by atoms with van der Waals surface area (Å²) in [6.07, 6.45) is 1.17. The van der Waals surface area contributed by atoms with Crippen LogP contribution in [0, 0.1) is 24.0 Å². The van der Waals surface area contributed by atoms with Crippen LogP contribution in [0.5, 0.6) is 0 Å². The molecule has 0 saturated carbocycles. The molecule has 0 radical (unpaired) electrons.